The Hall–Kier alpha value is -1.85. The Morgan fingerprint density at radius 2 is 2.19 bits per heavy atom. The summed E-state index contributed by atoms with van der Waals surface area (Å²) in [4.78, 5) is 5.31. The van der Waals surface area contributed by atoms with Gasteiger partial charge in [-0.25, -0.2) is 9.67 Å². The van der Waals surface area contributed by atoms with Crippen molar-refractivity contribution in [1.29, 1.82) is 0 Å². The number of halogens is 1. The van der Waals surface area contributed by atoms with E-state index in [1.54, 1.807) is 22.3 Å². The first-order valence-electron chi connectivity index (χ1n) is 6.61. The second-order valence-electron chi connectivity index (χ2n) is 4.81. The Morgan fingerprint density at radius 3 is 2.86 bits per heavy atom. The molecule has 1 unspecified atom stereocenters. The van der Waals surface area contributed by atoms with Gasteiger partial charge >= 0.3 is 0 Å². The molecule has 0 fully saturated rings. The van der Waals surface area contributed by atoms with Gasteiger partial charge in [0.15, 0.2) is 0 Å². The van der Waals surface area contributed by atoms with Crippen LogP contribution < -0.4 is 5.32 Å². The van der Waals surface area contributed by atoms with Gasteiger partial charge in [0.25, 0.3) is 0 Å². The fourth-order valence-electron chi connectivity index (χ4n) is 2.32. The molecule has 2 aromatic heterocycles. The average Bonchev–Trinajstić information content (AvgIpc) is 3.10. The van der Waals surface area contributed by atoms with E-state index in [9.17, 15) is 0 Å². The van der Waals surface area contributed by atoms with Crippen molar-refractivity contribution in [1.82, 2.24) is 14.8 Å². The summed E-state index contributed by atoms with van der Waals surface area (Å²) in [5.41, 5.74) is 3.05. The lowest BCUT2D eigenvalue weighted by Gasteiger charge is -2.18. The molecule has 2 heterocycles. The van der Waals surface area contributed by atoms with Crippen molar-refractivity contribution in [2.24, 2.45) is 0 Å². The lowest BCUT2D eigenvalue weighted by molar-refractivity contribution is 0.858. The average molecular weight is 319 g/mol. The lowest BCUT2D eigenvalue weighted by Crippen LogP contribution is -2.09. The van der Waals surface area contributed by atoms with Crippen LogP contribution in [0.15, 0.2) is 42.3 Å². The number of thiophene rings is 1. The van der Waals surface area contributed by atoms with Gasteiger partial charge in [0.2, 0.25) is 0 Å². The van der Waals surface area contributed by atoms with Gasteiger partial charge in [-0.1, -0.05) is 17.7 Å². The molecule has 0 aliphatic rings. The van der Waals surface area contributed by atoms with Crippen LogP contribution in [0.4, 0.5) is 5.69 Å². The van der Waals surface area contributed by atoms with E-state index in [1.165, 1.54) is 16.8 Å². The van der Waals surface area contributed by atoms with Crippen LogP contribution >= 0.6 is 22.9 Å². The second-order valence-corrected chi connectivity index (χ2v) is 6.16. The van der Waals surface area contributed by atoms with E-state index in [0.717, 1.165) is 11.4 Å². The number of nitrogens with one attached hydrogen (secondary N) is 1. The summed E-state index contributed by atoms with van der Waals surface area (Å²) in [5, 5.41) is 10.4. The first-order valence-corrected chi connectivity index (χ1v) is 7.86. The summed E-state index contributed by atoms with van der Waals surface area (Å²) in [6.45, 7) is 4.27. The molecule has 3 aromatic rings. The molecule has 6 heteroatoms. The van der Waals surface area contributed by atoms with Crippen LogP contribution in [0.2, 0.25) is 5.02 Å². The number of rotatable bonds is 4. The van der Waals surface area contributed by atoms with Crippen molar-refractivity contribution >= 4 is 28.6 Å². The van der Waals surface area contributed by atoms with Crippen molar-refractivity contribution in [3.63, 3.8) is 0 Å². The third-order valence-electron chi connectivity index (χ3n) is 3.30. The highest BCUT2D eigenvalue weighted by Gasteiger charge is 2.15. The van der Waals surface area contributed by atoms with E-state index in [4.69, 9.17) is 11.6 Å². The summed E-state index contributed by atoms with van der Waals surface area (Å²) in [6.07, 6.45) is 3.15. The number of hydrogen-bond acceptors (Lipinski definition) is 4. The monoisotopic (exact) mass is 318 g/mol. The molecule has 0 aliphatic carbocycles. The van der Waals surface area contributed by atoms with Crippen LogP contribution in [0.3, 0.4) is 0 Å². The highest BCUT2D eigenvalue weighted by Crippen LogP contribution is 2.32. The Labute approximate surface area is 132 Å². The number of para-hydroxylation sites is 1. The van der Waals surface area contributed by atoms with Gasteiger partial charge in [-0.05, 0) is 43.0 Å². The molecular formula is C15H15ClN4S. The van der Waals surface area contributed by atoms with Gasteiger partial charge < -0.3 is 5.32 Å². The highest BCUT2D eigenvalue weighted by atomic mass is 35.5. The van der Waals surface area contributed by atoms with E-state index in [0.29, 0.717) is 5.02 Å². The number of aromatic nitrogens is 3. The first-order chi connectivity index (χ1) is 10.2. The van der Waals surface area contributed by atoms with Crippen molar-refractivity contribution in [2.45, 2.75) is 19.9 Å². The lowest BCUT2D eigenvalue weighted by atomic mass is 10.1. The van der Waals surface area contributed by atoms with Crippen LogP contribution in [0.5, 0.6) is 0 Å². The molecule has 1 aromatic carbocycles. The highest BCUT2D eigenvalue weighted by molar-refractivity contribution is 7.10. The number of benzene rings is 1. The van der Waals surface area contributed by atoms with Crippen LogP contribution in [0.25, 0.3) is 5.69 Å². The van der Waals surface area contributed by atoms with E-state index < -0.39 is 0 Å². The van der Waals surface area contributed by atoms with Crippen molar-refractivity contribution in [2.75, 3.05) is 5.32 Å². The van der Waals surface area contributed by atoms with Gasteiger partial charge in [0.05, 0.1) is 16.8 Å². The molecule has 0 spiro atoms. The normalized spacial score (nSPS) is 12.3. The zero-order valence-electron chi connectivity index (χ0n) is 11.7. The molecule has 0 saturated heterocycles. The van der Waals surface area contributed by atoms with E-state index in [-0.39, 0.29) is 6.04 Å². The molecule has 108 valence electrons. The second kappa shape index (κ2) is 5.87. The minimum absolute atomic E-state index is 0.200. The van der Waals surface area contributed by atoms with Gasteiger partial charge in [-0.15, -0.1) is 11.3 Å². The minimum atomic E-state index is 0.200. The van der Waals surface area contributed by atoms with E-state index in [1.807, 2.05) is 18.2 Å². The quantitative estimate of drug-likeness (QED) is 0.772. The summed E-state index contributed by atoms with van der Waals surface area (Å²) in [5.74, 6) is 0. The number of hydrogen-bond donors (Lipinski definition) is 1. The molecular weight excluding hydrogens is 304 g/mol. The fourth-order valence-corrected chi connectivity index (χ4v) is 3.51. The van der Waals surface area contributed by atoms with E-state index in [2.05, 4.69) is 40.7 Å². The minimum Gasteiger partial charge on any atom is -0.376 e. The third-order valence-corrected chi connectivity index (χ3v) is 4.81. The summed E-state index contributed by atoms with van der Waals surface area (Å²) in [6, 6.07) is 8.12. The molecule has 1 atom stereocenters. The molecule has 0 aliphatic heterocycles. The predicted octanol–water partition coefficient (Wildman–Crippen LogP) is 4.46. The van der Waals surface area contributed by atoms with Gasteiger partial charge in [0, 0.05) is 4.88 Å². The Kier molecular flexibility index (Phi) is 3.94. The van der Waals surface area contributed by atoms with Crippen LogP contribution in [-0.2, 0) is 0 Å². The maximum Gasteiger partial charge on any atom is 0.138 e. The van der Waals surface area contributed by atoms with Crippen LogP contribution in [0, 0.1) is 6.92 Å². The molecule has 4 nitrogen and oxygen atoms in total. The van der Waals surface area contributed by atoms with Crippen LogP contribution in [-0.4, -0.2) is 14.8 Å². The molecule has 0 amide bonds. The Morgan fingerprint density at radius 1 is 1.33 bits per heavy atom. The largest absolute Gasteiger partial charge is 0.376 e. The van der Waals surface area contributed by atoms with Gasteiger partial charge in [-0.3, -0.25) is 0 Å². The Balaban J connectivity index is 1.96. The zero-order valence-corrected chi connectivity index (χ0v) is 13.3. The SMILES string of the molecule is Cc1ccsc1C(C)Nc1cccc(Cl)c1-n1cncn1. The predicted molar refractivity (Wildman–Crippen MR) is 87.5 cm³/mol. The summed E-state index contributed by atoms with van der Waals surface area (Å²) < 4.78 is 1.68. The molecule has 3 rings (SSSR count). The van der Waals surface area contributed by atoms with E-state index >= 15 is 0 Å². The summed E-state index contributed by atoms with van der Waals surface area (Å²) in [7, 11) is 0. The molecule has 21 heavy (non-hydrogen) atoms. The third kappa shape index (κ3) is 2.80. The fraction of sp³-hybridized carbons (Fsp3) is 0.200. The molecule has 0 bridgehead atoms. The first kappa shape index (κ1) is 14.1. The summed E-state index contributed by atoms with van der Waals surface area (Å²) >= 11 is 8.09. The Bertz CT molecular complexity index is 736. The smallest absolute Gasteiger partial charge is 0.138 e. The maximum atomic E-state index is 6.33. The standard InChI is InChI=1S/C15H15ClN4S/c1-10-6-7-21-15(10)11(2)19-13-5-3-4-12(16)14(13)20-9-17-8-18-20/h3-9,11,19H,1-2H3. The van der Waals surface area contributed by atoms with Crippen molar-refractivity contribution in [3.8, 4) is 5.69 Å². The number of aryl methyl sites for hydroxylation is 1. The van der Waals surface area contributed by atoms with Crippen molar-refractivity contribution in [3.05, 3.63) is 57.8 Å². The van der Waals surface area contributed by atoms with Crippen LogP contribution in [0.1, 0.15) is 23.4 Å². The zero-order chi connectivity index (χ0) is 14.8. The topological polar surface area (TPSA) is 42.7 Å². The van der Waals surface area contributed by atoms with Gasteiger partial charge in [-0.2, -0.15) is 5.10 Å². The molecule has 0 saturated carbocycles. The van der Waals surface area contributed by atoms with Gasteiger partial charge in [0.1, 0.15) is 18.3 Å². The number of anilines is 1. The van der Waals surface area contributed by atoms with Crippen molar-refractivity contribution < 1.29 is 0 Å². The maximum absolute atomic E-state index is 6.33. The number of nitrogens with zero attached hydrogens (tertiary/aromatic N) is 3. The molecule has 1 N–H and O–H groups in total. The molecule has 0 radical (unpaired) electrons.